The van der Waals surface area contributed by atoms with Crippen molar-refractivity contribution in [2.45, 2.75) is 6.54 Å². The zero-order valence-electron chi connectivity index (χ0n) is 11.2. The summed E-state index contributed by atoms with van der Waals surface area (Å²) in [6, 6.07) is 6.82. The molecule has 0 saturated carbocycles. The first kappa shape index (κ1) is 14.7. The van der Waals surface area contributed by atoms with Crippen molar-refractivity contribution in [1.82, 2.24) is 4.98 Å². The summed E-state index contributed by atoms with van der Waals surface area (Å²) < 4.78 is 18.3. The van der Waals surface area contributed by atoms with Gasteiger partial charge in [-0.05, 0) is 18.2 Å². The quantitative estimate of drug-likeness (QED) is 0.647. The van der Waals surface area contributed by atoms with Crippen molar-refractivity contribution in [3.63, 3.8) is 0 Å². The van der Waals surface area contributed by atoms with Gasteiger partial charge in [-0.2, -0.15) is 4.98 Å². The van der Waals surface area contributed by atoms with Gasteiger partial charge in [-0.25, -0.2) is 4.39 Å². The van der Waals surface area contributed by atoms with Gasteiger partial charge >= 0.3 is 5.69 Å². The Morgan fingerprint density at radius 2 is 2.19 bits per heavy atom. The summed E-state index contributed by atoms with van der Waals surface area (Å²) in [6.45, 7) is 0.0228. The molecule has 0 aliphatic heterocycles. The number of hydrogen-bond donors (Lipinski definition) is 2. The highest BCUT2D eigenvalue weighted by atomic mass is 19.1. The largest absolute Gasteiger partial charge is 0.481 e. The molecule has 0 atom stereocenters. The number of benzene rings is 1. The summed E-state index contributed by atoms with van der Waals surface area (Å²) in [4.78, 5) is 14.4. The molecule has 0 radical (unpaired) electrons. The number of halogens is 1. The molecule has 0 aliphatic rings. The van der Waals surface area contributed by atoms with Gasteiger partial charge in [0.2, 0.25) is 11.7 Å². The van der Waals surface area contributed by atoms with E-state index in [1.165, 1.54) is 37.4 Å². The molecule has 0 unspecified atom stereocenters. The van der Waals surface area contributed by atoms with Crippen LogP contribution in [0.3, 0.4) is 0 Å². The van der Waals surface area contributed by atoms with E-state index in [2.05, 4.69) is 10.3 Å². The molecule has 21 heavy (non-hydrogen) atoms. The molecule has 0 aliphatic carbocycles. The highest BCUT2D eigenvalue weighted by Gasteiger charge is 2.17. The van der Waals surface area contributed by atoms with Crippen LogP contribution < -0.4 is 15.8 Å². The number of rotatable bonds is 5. The lowest BCUT2D eigenvalue weighted by Crippen LogP contribution is -2.04. The number of pyridine rings is 1. The summed E-state index contributed by atoms with van der Waals surface area (Å²) >= 11 is 0. The van der Waals surface area contributed by atoms with Crippen molar-refractivity contribution < 1.29 is 14.1 Å². The molecular weight excluding hydrogens is 279 g/mol. The average molecular weight is 292 g/mol. The Morgan fingerprint density at radius 1 is 1.43 bits per heavy atom. The number of methoxy groups -OCH3 is 1. The third-order valence-electron chi connectivity index (χ3n) is 2.78. The lowest BCUT2D eigenvalue weighted by molar-refractivity contribution is -0.384. The minimum absolute atomic E-state index is 0.00827. The molecule has 1 aromatic heterocycles. The first-order valence-corrected chi connectivity index (χ1v) is 6.00. The first-order valence-electron chi connectivity index (χ1n) is 6.00. The van der Waals surface area contributed by atoms with Crippen LogP contribution in [0.4, 0.5) is 21.6 Å². The van der Waals surface area contributed by atoms with E-state index in [0.29, 0.717) is 11.3 Å². The standard InChI is InChI=1S/C13H13FN4O3/c1-21-12-5-4-11(18(19)20)13(17-12)16-9-2-3-10(14)8(6-9)7-15/h2-6H,7,15H2,1H3,(H,16,17). The second kappa shape index (κ2) is 6.14. The molecule has 2 rings (SSSR count). The van der Waals surface area contributed by atoms with E-state index >= 15 is 0 Å². The summed E-state index contributed by atoms with van der Waals surface area (Å²) in [5.74, 6) is -0.200. The Hall–Kier alpha value is -2.74. The van der Waals surface area contributed by atoms with Crippen molar-refractivity contribution in [3.05, 3.63) is 51.8 Å². The summed E-state index contributed by atoms with van der Waals surface area (Å²) in [7, 11) is 1.41. The topological polar surface area (TPSA) is 103 Å². The molecule has 1 aromatic carbocycles. The zero-order chi connectivity index (χ0) is 15.4. The summed E-state index contributed by atoms with van der Waals surface area (Å²) in [6.07, 6.45) is 0. The van der Waals surface area contributed by atoms with Gasteiger partial charge in [0.1, 0.15) is 5.82 Å². The van der Waals surface area contributed by atoms with Crippen LogP contribution in [-0.4, -0.2) is 17.0 Å². The minimum Gasteiger partial charge on any atom is -0.481 e. The number of hydrogen-bond acceptors (Lipinski definition) is 6. The third-order valence-corrected chi connectivity index (χ3v) is 2.78. The second-order valence-corrected chi connectivity index (χ2v) is 4.11. The maximum Gasteiger partial charge on any atom is 0.311 e. The van der Waals surface area contributed by atoms with Crippen LogP contribution in [-0.2, 0) is 6.54 Å². The number of nitrogens with zero attached hydrogens (tertiary/aromatic N) is 2. The lowest BCUT2D eigenvalue weighted by Gasteiger charge is -2.09. The molecule has 0 fully saturated rings. The SMILES string of the molecule is COc1ccc([N+](=O)[O-])c(Nc2ccc(F)c(CN)c2)n1. The number of aromatic nitrogens is 1. The molecule has 2 aromatic rings. The van der Waals surface area contributed by atoms with E-state index in [1.807, 2.05) is 0 Å². The minimum atomic E-state index is -0.567. The first-order chi connectivity index (χ1) is 10.0. The molecular formula is C13H13FN4O3. The fraction of sp³-hybridized carbons (Fsp3) is 0.154. The Morgan fingerprint density at radius 3 is 2.81 bits per heavy atom. The summed E-state index contributed by atoms with van der Waals surface area (Å²) in [5.41, 5.74) is 5.95. The van der Waals surface area contributed by atoms with Crippen molar-refractivity contribution >= 4 is 17.2 Å². The maximum atomic E-state index is 13.4. The number of anilines is 2. The highest BCUT2D eigenvalue weighted by molar-refractivity contribution is 5.66. The Bertz CT molecular complexity index is 678. The van der Waals surface area contributed by atoms with Crippen molar-refractivity contribution in [2.24, 2.45) is 5.73 Å². The van der Waals surface area contributed by atoms with E-state index < -0.39 is 10.7 Å². The van der Waals surface area contributed by atoms with Crippen molar-refractivity contribution in [1.29, 1.82) is 0 Å². The Labute approximate surface area is 119 Å². The molecule has 0 amide bonds. The van der Waals surface area contributed by atoms with E-state index in [1.54, 1.807) is 0 Å². The predicted octanol–water partition coefficient (Wildman–Crippen LogP) is 2.34. The Balaban J connectivity index is 2.40. The van der Waals surface area contributed by atoms with Crippen LogP contribution in [0.2, 0.25) is 0 Å². The average Bonchev–Trinajstić information content (AvgIpc) is 2.48. The van der Waals surface area contributed by atoms with Crippen LogP contribution >= 0.6 is 0 Å². The zero-order valence-corrected chi connectivity index (χ0v) is 11.2. The van der Waals surface area contributed by atoms with Crippen LogP contribution in [0.15, 0.2) is 30.3 Å². The molecule has 1 heterocycles. The molecule has 0 bridgehead atoms. The number of nitrogens with two attached hydrogens (primary N) is 1. The van der Waals surface area contributed by atoms with Gasteiger partial charge in [-0.3, -0.25) is 10.1 Å². The van der Waals surface area contributed by atoms with Gasteiger partial charge in [0.25, 0.3) is 0 Å². The summed E-state index contributed by atoms with van der Waals surface area (Å²) in [5, 5.41) is 13.8. The fourth-order valence-electron chi connectivity index (χ4n) is 1.73. The number of nitrogens with one attached hydrogen (secondary N) is 1. The van der Waals surface area contributed by atoms with E-state index in [4.69, 9.17) is 10.5 Å². The van der Waals surface area contributed by atoms with Gasteiger partial charge in [-0.1, -0.05) is 0 Å². The third kappa shape index (κ3) is 3.23. The van der Waals surface area contributed by atoms with E-state index in [0.717, 1.165) is 0 Å². The van der Waals surface area contributed by atoms with Gasteiger partial charge in [0.15, 0.2) is 0 Å². The van der Waals surface area contributed by atoms with Gasteiger partial charge in [0.05, 0.1) is 12.0 Å². The van der Waals surface area contributed by atoms with E-state index in [-0.39, 0.29) is 23.9 Å². The smallest absolute Gasteiger partial charge is 0.311 e. The Kier molecular flexibility index (Phi) is 4.29. The fourth-order valence-corrected chi connectivity index (χ4v) is 1.73. The highest BCUT2D eigenvalue weighted by Crippen LogP contribution is 2.28. The van der Waals surface area contributed by atoms with Gasteiger partial charge < -0.3 is 15.8 Å². The van der Waals surface area contributed by atoms with Crippen LogP contribution in [0.1, 0.15) is 5.56 Å². The maximum absolute atomic E-state index is 13.4. The predicted molar refractivity (Wildman–Crippen MR) is 75.0 cm³/mol. The van der Waals surface area contributed by atoms with Crippen LogP contribution in [0, 0.1) is 15.9 Å². The number of ether oxygens (including phenoxy) is 1. The normalized spacial score (nSPS) is 10.2. The van der Waals surface area contributed by atoms with Gasteiger partial charge in [-0.15, -0.1) is 0 Å². The van der Waals surface area contributed by atoms with Crippen LogP contribution in [0.5, 0.6) is 5.88 Å². The molecule has 3 N–H and O–H groups in total. The van der Waals surface area contributed by atoms with Crippen LogP contribution in [0.25, 0.3) is 0 Å². The molecule has 110 valence electrons. The molecule has 7 nitrogen and oxygen atoms in total. The molecule has 0 spiro atoms. The lowest BCUT2D eigenvalue weighted by atomic mass is 10.2. The monoisotopic (exact) mass is 292 g/mol. The molecule has 8 heteroatoms. The van der Waals surface area contributed by atoms with Gasteiger partial charge in [0, 0.05) is 29.9 Å². The van der Waals surface area contributed by atoms with Crippen molar-refractivity contribution in [2.75, 3.05) is 12.4 Å². The second-order valence-electron chi connectivity index (χ2n) is 4.11. The van der Waals surface area contributed by atoms with E-state index in [9.17, 15) is 14.5 Å². The van der Waals surface area contributed by atoms with Crippen molar-refractivity contribution in [3.8, 4) is 5.88 Å². The number of nitro groups is 1. The molecule has 0 saturated heterocycles.